The summed E-state index contributed by atoms with van der Waals surface area (Å²) in [6, 6.07) is 9.11. The first-order valence-corrected chi connectivity index (χ1v) is 9.42. The fourth-order valence-corrected chi connectivity index (χ4v) is 3.76. The highest BCUT2D eigenvalue weighted by Gasteiger charge is 2.21. The van der Waals surface area contributed by atoms with E-state index in [4.69, 9.17) is 0 Å². The summed E-state index contributed by atoms with van der Waals surface area (Å²) < 4.78 is 0.953. The summed E-state index contributed by atoms with van der Waals surface area (Å²) in [5.41, 5.74) is 1.96. The summed E-state index contributed by atoms with van der Waals surface area (Å²) in [6.07, 6.45) is 1.24. The van der Waals surface area contributed by atoms with Gasteiger partial charge in [0.1, 0.15) is 0 Å². The number of nitrogens with one attached hydrogen (secondary N) is 2. The lowest BCUT2D eigenvalue weighted by molar-refractivity contribution is -0.131. The van der Waals surface area contributed by atoms with Crippen LogP contribution in [0.25, 0.3) is 0 Å². The van der Waals surface area contributed by atoms with Crippen molar-refractivity contribution in [3.05, 3.63) is 50.6 Å². The number of anilines is 1. The third kappa shape index (κ3) is 4.36. The molecule has 0 aliphatic carbocycles. The van der Waals surface area contributed by atoms with E-state index in [0.717, 1.165) is 17.4 Å². The minimum absolute atomic E-state index is 0.0794. The van der Waals surface area contributed by atoms with Crippen molar-refractivity contribution in [1.82, 2.24) is 10.2 Å². The fourth-order valence-electron chi connectivity index (χ4n) is 2.61. The smallest absolute Gasteiger partial charge is 0.319 e. The Balaban J connectivity index is 1.40. The third-order valence-corrected chi connectivity index (χ3v) is 5.44. The van der Waals surface area contributed by atoms with Crippen molar-refractivity contribution in [2.75, 3.05) is 18.4 Å². The van der Waals surface area contributed by atoms with Gasteiger partial charge in [-0.15, -0.1) is 11.3 Å². The quantitative estimate of drug-likeness (QED) is 0.812. The van der Waals surface area contributed by atoms with Crippen LogP contribution in [0.5, 0.6) is 0 Å². The lowest BCUT2D eigenvalue weighted by Gasteiger charge is -2.27. The summed E-state index contributed by atoms with van der Waals surface area (Å²) in [7, 11) is 0. The molecule has 1 aliphatic rings. The average Bonchev–Trinajstić information content (AvgIpc) is 3.04. The van der Waals surface area contributed by atoms with Gasteiger partial charge < -0.3 is 15.5 Å². The van der Waals surface area contributed by atoms with Crippen LogP contribution in [-0.4, -0.2) is 29.9 Å². The molecule has 1 aliphatic heterocycles. The second-order valence-electron chi connectivity index (χ2n) is 5.57. The molecule has 0 atom stereocenters. The van der Waals surface area contributed by atoms with E-state index in [-0.39, 0.29) is 11.9 Å². The van der Waals surface area contributed by atoms with E-state index in [1.165, 1.54) is 10.4 Å². The van der Waals surface area contributed by atoms with Crippen molar-refractivity contribution in [1.29, 1.82) is 0 Å². The number of carbonyl (C=O) groups excluding carboxylic acids is 2. The van der Waals surface area contributed by atoms with Crippen LogP contribution in [-0.2, 0) is 17.8 Å². The Bertz CT molecular complexity index is 730. The topological polar surface area (TPSA) is 61.4 Å². The van der Waals surface area contributed by atoms with E-state index < -0.39 is 0 Å². The highest BCUT2D eigenvalue weighted by atomic mass is 79.9. The second kappa shape index (κ2) is 7.81. The molecule has 2 heterocycles. The number of benzene rings is 1. The SMILES string of the molecule is O=C(NCCC(=O)N1CCc2sccc2C1)Nc1ccc(Br)cc1. The molecule has 126 valence electrons. The molecule has 7 heteroatoms. The van der Waals surface area contributed by atoms with Crippen molar-refractivity contribution >= 4 is 44.9 Å². The molecule has 3 rings (SSSR count). The Hall–Kier alpha value is -1.86. The molecule has 0 fully saturated rings. The molecule has 0 saturated carbocycles. The molecule has 0 spiro atoms. The van der Waals surface area contributed by atoms with Crippen molar-refractivity contribution in [2.24, 2.45) is 0 Å². The molecule has 0 unspecified atom stereocenters. The molecular formula is C17H18BrN3O2S. The van der Waals surface area contributed by atoms with Gasteiger partial charge >= 0.3 is 6.03 Å². The predicted octanol–water partition coefficient (Wildman–Crippen LogP) is 3.61. The van der Waals surface area contributed by atoms with Gasteiger partial charge in [0, 0.05) is 41.1 Å². The van der Waals surface area contributed by atoms with Crippen molar-refractivity contribution in [3.63, 3.8) is 0 Å². The van der Waals surface area contributed by atoms with Crippen molar-refractivity contribution < 1.29 is 9.59 Å². The highest BCUT2D eigenvalue weighted by molar-refractivity contribution is 9.10. The maximum atomic E-state index is 12.3. The largest absolute Gasteiger partial charge is 0.338 e. The maximum absolute atomic E-state index is 12.3. The van der Waals surface area contributed by atoms with Crippen LogP contribution in [0.2, 0.25) is 0 Å². The molecule has 2 N–H and O–H groups in total. The van der Waals surface area contributed by atoms with Gasteiger partial charge in [0.15, 0.2) is 0 Å². The van der Waals surface area contributed by atoms with Gasteiger partial charge in [0.05, 0.1) is 0 Å². The Labute approximate surface area is 153 Å². The van der Waals surface area contributed by atoms with E-state index in [1.807, 2.05) is 17.0 Å². The fraction of sp³-hybridized carbons (Fsp3) is 0.294. The summed E-state index contributed by atoms with van der Waals surface area (Å²) in [5, 5.41) is 7.54. The zero-order valence-corrected chi connectivity index (χ0v) is 15.5. The number of thiophene rings is 1. The van der Waals surface area contributed by atoms with Crippen molar-refractivity contribution in [2.45, 2.75) is 19.4 Å². The lowest BCUT2D eigenvalue weighted by atomic mass is 10.1. The van der Waals surface area contributed by atoms with Crippen LogP contribution in [0.1, 0.15) is 16.9 Å². The number of hydrogen-bond acceptors (Lipinski definition) is 3. The Morgan fingerprint density at radius 1 is 1.21 bits per heavy atom. The van der Waals surface area contributed by atoms with Gasteiger partial charge in [-0.3, -0.25) is 4.79 Å². The zero-order valence-electron chi connectivity index (χ0n) is 13.0. The van der Waals surface area contributed by atoms with Crippen LogP contribution in [0.3, 0.4) is 0 Å². The van der Waals surface area contributed by atoms with Gasteiger partial charge in [-0.05, 0) is 47.7 Å². The molecule has 0 saturated heterocycles. The molecule has 0 bridgehead atoms. The summed E-state index contributed by atoms with van der Waals surface area (Å²) in [6.45, 7) is 1.77. The standard InChI is InChI=1S/C17H18BrN3O2S/c18-13-1-3-14(4-2-13)20-17(23)19-8-5-16(22)21-9-6-15-12(11-21)7-10-24-15/h1-4,7,10H,5-6,8-9,11H2,(H2,19,20,23). The van der Waals surface area contributed by atoms with Crippen molar-refractivity contribution in [3.8, 4) is 0 Å². The Morgan fingerprint density at radius 3 is 2.79 bits per heavy atom. The Kier molecular flexibility index (Phi) is 5.52. The molecule has 3 amide bonds. The van der Waals surface area contributed by atoms with Gasteiger partial charge in [-0.1, -0.05) is 15.9 Å². The molecule has 1 aromatic carbocycles. The summed E-state index contributed by atoms with van der Waals surface area (Å²) in [5.74, 6) is 0.0794. The van der Waals surface area contributed by atoms with Crippen LogP contribution in [0, 0.1) is 0 Å². The molecule has 5 nitrogen and oxygen atoms in total. The molecule has 0 radical (unpaired) electrons. The minimum Gasteiger partial charge on any atom is -0.338 e. The number of halogens is 1. The lowest BCUT2D eigenvalue weighted by Crippen LogP contribution is -2.38. The molecule has 24 heavy (non-hydrogen) atoms. The highest BCUT2D eigenvalue weighted by Crippen LogP contribution is 2.24. The summed E-state index contributed by atoms with van der Waals surface area (Å²) >= 11 is 5.10. The first-order chi connectivity index (χ1) is 11.6. The first-order valence-electron chi connectivity index (χ1n) is 7.75. The number of hydrogen-bond donors (Lipinski definition) is 2. The first kappa shape index (κ1) is 17.0. The van der Waals surface area contributed by atoms with E-state index in [2.05, 4.69) is 38.0 Å². The van der Waals surface area contributed by atoms with Crippen LogP contribution < -0.4 is 10.6 Å². The normalized spacial score (nSPS) is 13.3. The predicted molar refractivity (Wildman–Crippen MR) is 99.2 cm³/mol. The van der Waals surface area contributed by atoms with Crippen LogP contribution in [0.15, 0.2) is 40.2 Å². The zero-order chi connectivity index (χ0) is 16.9. The van der Waals surface area contributed by atoms with Gasteiger partial charge in [0.25, 0.3) is 0 Å². The van der Waals surface area contributed by atoms with Crippen LogP contribution in [0.4, 0.5) is 10.5 Å². The monoisotopic (exact) mass is 407 g/mol. The van der Waals surface area contributed by atoms with Crippen LogP contribution >= 0.6 is 27.3 Å². The number of fused-ring (bicyclic) bond motifs is 1. The number of amides is 3. The van der Waals surface area contributed by atoms with Gasteiger partial charge in [-0.25, -0.2) is 4.79 Å². The number of nitrogens with zero attached hydrogens (tertiary/aromatic N) is 1. The average molecular weight is 408 g/mol. The van der Waals surface area contributed by atoms with Gasteiger partial charge in [-0.2, -0.15) is 0 Å². The van der Waals surface area contributed by atoms with E-state index in [9.17, 15) is 9.59 Å². The minimum atomic E-state index is -0.302. The van der Waals surface area contributed by atoms with E-state index in [1.54, 1.807) is 23.5 Å². The Morgan fingerprint density at radius 2 is 2.00 bits per heavy atom. The van der Waals surface area contributed by atoms with E-state index >= 15 is 0 Å². The molecule has 2 aromatic rings. The number of carbonyl (C=O) groups is 2. The summed E-state index contributed by atoms with van der Waals surface area (Å²) in [4.78, 5) is 27.3. The third-order valence-electron chi connectivity index (χ3n) is 3.89. The molecule has 1 aromatic heterocycles. The number of rotatable bonds is 4. The molecular weight excluding hydrogens is 390 g/mol. The van der Waals surface area contributed by atoms with Gasteiger partial charge in [0.2, 0.25) is 5.91 Å². The second-order valence-corrected chi connectivity index (χ2v) is 7.49. The van der Waals surface area contributed by atoms with E-state index in [0.29, 0.717) is 25.2 Å². The number of urea groups is 1. The maximum Gasteiger partial charge on any atom is 0.319 e.